The SMILES string of the molecule is CC1(C)OC[C@H](CN2C=Cc3cncc(F)c3C2)O1. The van der Waals surface area contributed by atoms with Crippen LogP contribution in [-0.2, 0) is 16.0 Å². The summed E-state index contributed by atoms with van der Waals surface area (Å²) < 4.78 is 25.0. The van der Waals surface area contributed by atoms with Gasteiger partial charge in [0, 0.05) is 36.6 Å². The Kier molecular flexibility index (Phi) is 3.03. The fraction of sp³-hybridized carbons (Fsp3) is 0.500. The maximum atomic E-state index is 13.7. The van der Waals surface area contributed by atoms with E-state index in [0.29, 0.717) is 25.3 Å². The minimum absolute atomic E-state index is 0.0195. The Balaban J connectivity index is 1.68. The molecule has 1 atom stereocenters. The Morgan fingerprint density at radius 1 is 1.47 bits per heavy atom. The lowest BCUT2D eigenvalue weighted by Crippen LogP contribution is -2.32. The monoisotopic (exact) mass is 264 g/mol. The van der Waals surface area contributed by atoms with Gasteiger partial charge in [-0.05, 0) is 19.9 Å². The number of pyridine rings is 1. The molecule has 0 radical (unpaired) electrons. The van der Waals surface area contributed by atoms with Gasteiger partial charge in [0.25, 0.3) is 0 Å². The number of hydrogen-bond donors (Lipinski definition) is 0. The summed E-state index contributed by atoms with van der Waals surface area (Å²) in [6, 6.07) is 0. The van der Waals surface area contributed by atoms with Crippen molar-refractivity contribution in [3.8, 4) is 0 Å². The van der Waals surface area contributed by atoms with Gasteiger partial charge in [0.2, 0.25) is 0 Å². The van der Waals surface area contributed by atoms with E-state index in [9.17, 15) is 4.39 Å². The predicted molar refractivity (Wildman–Crippen MR) is 68.5 cm³/mol. The largest absolute Gasteiger partial charge is 0.370 e. The number of fused-ring (bicyclic) bond motifs is 1. The second-order valence-electron chi connectivity index (χ2n) is 5.38. The van der Waals surface area contributed by atoms with E-state index >= 15 is 0 Å². The number of ether oxygens (including phenoxy) is 2. The van der Waals surface area contributed by atoms with Gasteiger partial charge in [0.05, 0.1) is 12.8 Å². The zero-order chi connectivity index (χ0) is 13.5. The summed E-state index contributed by atoms with van der Waals surface area (Å²) in [6.45, 7) is 5.62. The average molecular weight is 264 g/mol. The number of hydrogen-bond acceptors (Lipinski definition) is 4. The van der Waals surface area contributed by atoms with Crippen LogP contribution < -0.4 is 0 Å². The van der Waals surface area contributed by atoms with Crippen LogP contribution in [0.2, 0.25) is 0 Å². The van der Waals surface area contributed by atoms with Crippen LogP contribution in [0.3, 0.4) is 0 Å². The number of nitrogens with zero attached hydrogens (tertiary/aromatic N) is 2. The molecule has 0 N–H and O–H groups in total. The van der Waals surface area contributed by atoms with Crippen LogP contribution >= 0.6 is 0 Å². The molecule has 3 heterocycles. The third kappa shape index (κ3) is 2.62. The standard InChI is InChI=1S/C14H17FN2O2/c1-14(2)18-9-11(19-14)7-17-4-3-10-5-16-6-13(15)12(10)8-17/h3-6,11H,7-9H2,1-2H3/t11-/m0/s1. The first-order chi connectivity index (χ1) is 9.03. The summed E-state index contributed by atoms with van der Waals surface area (Å²) in [5.74, 6) is -0.771. The highest BCUT2D eigenvalue weighted by Gasteiger charge is 2.33. The fourth-order valence-corrected chi connectivity index (χ4v) is 2.47. The highest BCUT2D eigenvalue weighted by atomic mass is 19.1. The van der Waals surface area contributed by atoms with Crippen LogP contribution in [0.25, 0.3) is 6.08 Å². The molecule has 0 spiro atoms. The van der Waals surface area contributed by atoms with Gasteiger partial charge in [0.15, 0.2) is 5.79 Å². The minimum Gasteiger partial charge on any atom is -0.370 e. The smallest absolute Gasteiger partial charge is 0.163 e. The summed E-state index contributed by atoms with van der Waals surface area (Å²) in [6.07, 6.45) is 6.80. The second kappa shape index (κ2) is 4.58. The van der Waals surface area contributed by atoms with Gasteiger partial charge >= 0.3 is 0 Å². The molecule has 2 aliphatic heterocycles. The van der Waals surface area contributed by atoms with E-state index in [0.717, 1.165) is 5.56 Å². The Morgan fingerprint density at radius 3 is 3.05 bits per heavy atom. The van der Waals surface area contributed by atoms with E-state index in [1.807, 2.05) is 31.0 Å². The molecule has 0 unspecified atom stereocenters. The number of aromatic nitrogens is 1. The van der Waals surface area contributed by atoms with Crippen molar-refractivity contribution >= 4 is 6.08 Å². The topological polar surface area (TPSA) is 34.6 Å². The summed E-state index contributed by atoms with van der Waals surface area (Å²) in [5.41, 5.74) is 1.54. The van der Waals surface area contributed by atoms with Gasteiger partial charge in [-0.15, -0.1) is 0 Å². The lowest BCUT2D eigenvalue weighted by Gasteiger charge is -2.27. The summed E-state index contributed by atoms with van der Waals surface area (Å²) in [7, 11) is 0. The quantitative estimate of drug-likeness (QED) is 0.820. The molecule has 1 saturated heterocycles. The summed E-state index contributed by atoms with van der Waals surface area (Å²) in [5, 5.41) is 0. The Labute approximate surface area is 111 Å². The van der Waals surface area contributed by atoms with Crippen molar-refractivity contribution in [2.45, 2.75) is 32.3 Å². The normalized spacial score (nSPS) is 24.6. The molecule has 1 fully saturated rings. The molecule has 5 heteroatoms. The van der Waals surface area contributed by atoms with Crippen molar-refractivity contribution in [3.63, 3.8) is 0 Å². The molecule has 0 bridgehead atoms. The van der Waals surface area contributed by atoms with E-state index in [-0.39, 0.29) is 11.9 Å². The van der Waals surface area contributed by atoms with Crippen molar-refractivity contribution < 1.29 is 13.9 Å². The molecule has 19 heavy (non-hydrogen) atoms. The summed E-state index contributed by atoms with van der Waals surface area (Å²) in [4.78, 5) is 5.90. The molecular weight excluding hydrogens is 247 g/mol. The van der Waals surface area contributed by atoms with Crippen molar-refractivity contribution in [1.29, 1.82) is 0 Å². The molecular formula is C14H17FN2O2. The first-order valence-electron chi connectivity index (χ1n) is 6.40. The van der Waals surface area contributed by atoms with Crippen LogP contribution in [-0.4, -0.2) is 34.9 Å². The Hall–Kier alpha value is -1.46. The van der Waals surface area contributed by atoms with Crippen molar-refractivity contribution in [1.82, 2.24) is 9.88 Å². The third-order valence-electron chi connectivity index (χ3n) is 3.37. The molecule has 1 aromatic heterocycles. The van der Waals surface area contributed by atoms with Crippen molar-refractivity contribution in [3.05, 3.63) is 35.5 Å². The van der Waals surface area contributed by atoms with Gasteiger partial charge in [-0.25, -0.2) is 4.39 Å². The lowest BCUT2D eigenvalue weighted by atomic mass is 10.1. The zero-order valence-electron chi connectivity index (χ0n) is 11.1. The molecule has 2 aliphatic rings. The average Bonchev–Trinajstić information content (AvgIpc) is 2.70. The van der Waals surface area contributed by atoms with E-state index in [1.165, 1.54) is 6.20 Å². The van der Waals surface area contributed by atoms with Crippen LogP contribution in [0.5, 0.6) is 0 Å². The molecule has 0 aliphatic carbocycles. The fourth-order valence-electron chi connectivity index (χ4n) is 2.47. The zero-order valence-corrected chi connectivity index (χ0v) is 11.1. The molecule has 4 nitrogen and oxygen atoms in total. The molecule has 0 amide bonds. The highest BCUT2D eigenvalue weighted by Crippen LogP contribution is 2.26. The van der Waals surface area contributed by atoms with Gasteiger partial charge in [0.1, 0.15) is 11.9 Å². The lowest BCUT2D eigenvalue weighted by molar-refractivity contribution is -0.139. The number of halogens is 1. The Bertz CT molecular complexity index is 516. The van der Waals surface area contributed by atoms with Gasteiger partial charge in [-0.2, -0.15) is 0 Å². The van der Waals surface area contributed by atoms with E-state index in [4.69, 9.17) is 9.47 Å². The summed E-state index contributed by atoms with van der Waals surface area (Å²) >= 11 is 0. The molecule has 1 aromatic rings. The van der Waals surface area contributed by atoms with Crippen LogP contribution in [0.4, 0.5) is 4.39 Å². The van der Waals surface area contributed by atoms with Crippen molar-refractivity contribution in [2.24, 2.45) is 0 Å². The highest BCUT2D eigenvalue weighted by molar-refractivity contribution is 5.54. The Morgan fingerprint density at radius 2 is 2.32 bits per heavy atom. The van der Waals surface area contributed by atoms with Crippen LogP contribution in [0, 0.1) is 5.82 Å². The van der Waals surface area contributed by atoms with E-state index in [2.05, 4.69) is 4.98 Å². The maximum absolute atomic E-state index is 13.7. The molecule has 3 rings (SSSR count). The minimum atomic E-state index is -0.517. The second-order valence-corrected chi connectivity index (χ2v) is 5.38. The molecule has 102 valence electrons. The first-order valence-corrected chi connectivity index (χ1v) is 6.40. The van der Waals surface area contributed by atoms with Gasteiger partial charge in [-0.3, -0.25) is 4.98 Å². The van der Waals surface area contributed by atoms with E-state index in [1.54, 1.807) is 6.20 Å². The maximum Gasteiger partial charge on any atom is 0.163 e. The molecule has 0 saturated carbocycles. The van der Waals surface area contributed by atoms with E-state index < -0.39 is 5.79 Å². The molecule has 0 aromatic carbocycles. The van der Waals surface area contributed by atoms with Gasteiger partial charge in [-0.1, -0.05) is 0 Å². The van der Waals surface area contributed by atoms with Gasteiger partial charge < -0.3 is 14.4 Å². The third-order valence-corrected chi connectivity index (χ3v) is 3.37. The van der Waals surface area contributed by atoms with Crippen molar-refractivity contribution in [2.75, 3.05) is 13.2 Å². The van der Waals surface area contributed by atoms with Crippen LogP contribution in [0.1, 0.15) is 25.0 Å². The van der Waals surface area contributed by atoms with Crippen LogP contribution in [0.15, 0.2) is 18.6 Å². The predicted octanol–water partition coefficient (Wildman–Crippen LogP) is 2.16. The first kappa shape index (κ1) is 12.6. The number of rotatable bonds is 2.